The number of fused-ring (bicyclic) bond motifs is 4. The Hall–Kier alpha value is -6.41. The highest BCUT2D eigenvalue weighted by Crippen LogP contribution is 2.61. The minimum atomic E-state index is -2.49. The Bertz CT molecular complexity index is 2810. The van der Waals surface area contributed by atoms with Gasteiger partial charge in [0.1, 0.15) is 5.75 Å². The van der Waals surface area contributed by atoms with E-state index in [1.807, 2.05) is 102 Å². The lowest BCUT2D eigenvalue weighted by Gasteiger charge is -2.37. The third kappa shape index (κ3) is 7.26. The van der Waals surface area contributed by atoms with Crippen LogP contribution < -0.4 is 24.6 Å². The van der Waals surface area contributed by atoms with Crippen molar-refractivity contribution in [1.82, 2.24) is 15.0 Å². The molecule has 5 heterocycles. The summed E-state index contributed by atoms with van der Waals surface area (Å²) in [4.78, 5) is 48.9. The molecule has 0 radical (unpaired) electrons. The predicted octanol–water partition coefficient (Wildman–Crippen LogP) is 7.90. The molecule has 0 unspecified atom stereocenters. The van der Waals surface area contributed by atoms with E-state index in [1.54, 1.807) is 21.6 Å². The Labute approximate surface area is 380 Å². The molecular weight excluding hydrogens is 833 g/mol. The molecular formula is C52H54N6O6Si. The lowest BCUT2D eigenvalue weighted by atomic mass is 9.82. The summed E-state index contributed by atoms with van der Waals surface area (Å²) >= 11 is 0. The van der Waals surface area contributed by atoms with Gasteiger partial charge in [0.15, 0.2) is 5.60 Å². The Morgan fingerprint density at radius 1 is 0.785 bits per heavy atom. The number of amides is 3. The van der Waals surface area contributed by atoms with Gasteiger partial charge in [-0.05, 0) is 96.1 Å². The van der Waals surface area contributed by atoms with Gasteiger partial charge in [-0.3, -0.25) is 28.9 Å². The summed E-state index contributed by atoms with van der Waals surface area (Å²) in [6.45, 7) is 7.64. The van der Waals surface area contributed by atoms with Crippen LogP contribution in [0, 0.1) is 5.92 Å². The van der Waals surface area contributed by atoms with Crippen molar-refractivity contribution in [3.63, 3.8) is 0 Å². The Balaban J connectivity index is 1.09. The van der Waals surface area contributed by atoms with Gasteiger partial charge in [0.25, 0.3) is 5.91 Å². The first kappa shape index (κ1) is 42.5. The number of methoxy groups -OCH3 is 1. The molecule has 65 heavy (non-hydrogen) atoms. The van der Waals surface area contributed by atoms with Gasteiger partial charge >= 0.3 is 0 Å². The number of rotatable bonds is 12. The van der Waals surface area contributed by atoms with Crippen LogP contribution in [0.4, 0.5) is 28.4 Å². The maximum Gasteiger partial charge on any atom is 0.264 e. The summed E-state index contributed by atoms with van der Waals surface area (Å²) in [5.74, 6) is 0.379. The monoisotopic (exact) mass is 886 g/mol. The molecule has 4 atom stereocenters. The number of para-hydroxylation sites is 2. The molecule has 1 spiro atoms. The van der Waals surface area contributed by atoms with Crippen molar-refractivity contribution in [1.29, 1.82) is 0 Å². The number of benzene rings is 5. The molecule has 6 aromatic rings. The quantitative estimate of drug-likeness (QED) is 0.123. The lowest BCUT2D eigenvalue weighted by molar-refractivity contribution is -0.146. The first-order valence-corrected chi connectivity index (χ1v) is 25.8. The van der Waals surface area contributed by atoms with Crippen molar-refractivity contribution in [2.24, 2.45) is 5.92 Å². The van der Waals surface area contributed by atoms with Gasteiger partial charge in [-0.2, -0.15) is 0 Å². The number of nitrogens with zero attached hydrogens (tertiary/aromatic N) is 6. The van der Waals surface area contributed by atoms with Crippen LogP contribution in [0.25, 0.3) is 0 Å². The molecule has 4 aliphatic rings. The van der Waals surface area contributed by atoms with Crippen LogP contribution in [0.1, 0.15) is 54.1 Å². The van der Waals surface area contributed by atoms with Crippen molar-refractivity contribution in [2.45, 2.75) is 88.9 Å². The second-order valence-corrected chi connectivity index (χ2v) is 23.1. The Kier molecular flexibility index (Phi) is 11.0. The van der Waals surface area contributed by atoms with Gasteiger partial charge in [-0.25, -0.2) is 0 Å². The molecule has 1 saturated heterocycles. The SMILES string of the molecule is COc1ccc([Si](C)(C)[C@H]2[C@H](CCn3cc(CCO)nn3)O[C@@]3(C(=O)N(Cc4cccc(N5C(=O)CCc6ccccc65)c4)c4ccc(N5C(=O)CCc6ccccc65)cc43)[C@@H]2C)cc1. The normalized spacial score (nSPS) is 21.5. The zero-order valence-electron chi connectivity index (χ0n) is 37.3. The fourth-order valence-electron chi connectivity index (χ4n) is 11.2. The van der Waals surface area contributed by atoms with Gasteiger partial charge in [0, 0.05) is 61.5 Å². The number of aromatic nitrogens is 3. The summed E-state index contributed by atoms with van der Waals surface area (Å²) in [5, 5.41) is 19.5. The number of anilines is 5. The highest BCUT2D eigenvalue weighted by atomic mass is 28.3. The van der Waals surface area contributed by atoms with Crippen molar-refractivity contribution >= 4 is 59.4 Å². The van der Waals surface area contributed by atoms with Crippen LogP contribution in [-0.2, 0) is 57.1 Å². The number of hydrogen-bond acceptors (Lipinski definition) is 8. The minimum absolute atomic E-state index is 0.00196. The van der Waals surface area contributed by atoms with Crippen molar-refractivity contribution in [3.05, 3.63) is 149 Å². The van der Waals surface area contributed by atoms with Crippen molar-refractivity contribution in [3.8, 4) is 5.75 Å². The van der Waals surface area contributed by atoms with Gasteiger partial charge in [-0.15, -0.1) is 5.10 Å². The Morgan fingerprint density at radius 2 is 1.45 bits per heavy atom. The second-order valence-electron chi connectivity index (χ2n) is 18.4. The number of hydrogen-bond donors (Lipinski definition) is 1. The van der Waals surface area contributed by atoms with Crippen LogP contribution in [0.3, 0.4) is 0 Å². The van der Waals surface area contributed by atoms with E-state index < -0.39 is 13.7 Å². The van der Waals surface area contributed by atoms with Gasteiger partial charge < -0.3 is 19.5 Å². The minimum Gasteiger partial charge on any atom is -0.497 e. The number of aliphatic hydroxyl groups excluding tert-OH is 1. The molecule has 1 aromatic heterocycles. The number of aryl methyl sites for hydroxylation is 3. The molecule has 3 amide bonds. The van der Waals surface area contributed by atoms with Gasteiger partial charge in [0.2, 0.25) is 11.8 Å². The molecule has 4 aliphatic heterocycles. The van der Waals surface area contributed by atoms with Crippen molar-refractivity contribution < 1.29 is 29.0 Å². The highest BCUT2D eigenvalue weighted by molar-refractivity contribution is 6.91. The fraction of sp³-hybridized carbons (Fsp3) is 0.327. The van der Waals surface area contributed by atoms with E-state index in [9.17, 15) is 14.7 Å². The zero-order chi connectivity index (χ0) is 45.0. The van der Waals surface area contributed by atoms with Crippen molar-refractivity contribution in [2.75, 3.05) is 28.4 Å². The predicted molar refractivity (Wildman–Crippen MR) is 253 cm³/mol. The zero-order valence-corrected chi connectivity index (χ0v) is 38.3. The standard InChI is InChI=1S/C52H54N6O6Si/c1-34-50(65(3,4)42-21-19-41(63-2)20-22-42)47(26-28-55-33-38(27-29-59)53-54-55)64-52(34)43-31-40(58-45-15-8-6-12-37(45)17-25-49(58)61)18-23-46(43)56(51(52)62)32-35-10-9-13-39(30-35)57-44-14-7-5-11-36(44)16-24-48(57)60/h5-15,18-23,30-31,33-34,47,50,59H,16-17,24-29,32H2,1-4H3/t34-,47+,50-,52+/m1/s1. The first-order valence-electron chi connectivity index (χ1n) is 22.7. The van der Waals surface area contributed by atoms with E-state index in [-0.39, 0.29) is 48.4 Å². The molecule has 12 nitrogen and oxygen atoms in total. The fourth-order valence-corrected chi connectivity index (χ4v) is 15.3. The van der Waals surface area contributed by atoms with Gasteiger partial charge in [-0.1, -0.05) is 91.1 Å². The summed E-state index contributed by atoms with van der Waals surface area (Å²) in [5.41, 5.74) is 7.05. The maximum atomic E-state index is 15.9. The molecule has 332 valence electrons. The highest BCUT2D eigenvalue weighted by Gasteiger charge is 2.66. The first-order chi connectivity index (χ1) is 31.5. The van der Waals surface area contributed by atoms with E-state index in [2.05, 4.69) is 54.6 Å². The molecule has 0 bridgehead atoms. The number of aliphatic hydroxyl groups is 1. The van der Waals surface area contributed by atoms with E-state index in [4.69, 9.17) is 9.47 Å². The van der Waals surface area contributed by atoms with Crippen LogP contribution in [0.15, 0.2) is 121 Å². The van der Waals surface area contributed by atoms with Crippen LogP contribution in [0.2, 0.25) is 18.6 Å². The molecule has 1 N–H and O–H groups in total. The molecule has 0 saturated carbocycles. The molecule has 1 fully saturated rings. The summed E-state index contributed by atoms with van der Waals surface area (Å²) in [7, 11) is -0.824. The largest absolute Gasteiger partial charge is 0.497 e. The number of carbonyl (C=O) groups is 3. The van der Waals surface area contributed by atoms with E-state index in [0.29, 0.717) is 56.5 Å². The average Bonchev–Trinajstić information content (AvgIpc) is 3.97. The van der Waals surface area contributed by atoms with Crippen LogP contribution in [0.5, 0.6) is 5.75 Å². The number of ether oxygens (including phenoxy) is 2. The summed E-state index contributed by atoms with van der Waals surface area (Å²) in [6.07, 6.45) is 4.66. The average molecular weight is 887 g/mol. The topological polar surface area (TPSA) is 130 Å². The van der Waals surface area contributed by atoms with E-state index >= 15 is 4.79 Å². The summed E-state index contributed by atoms with van der Waals surface area (Å²) in [6, 6.07) is 38.3. The Morgan fingerprint density at radius 3 is 2.11 bits per heavy atom. The maximum absolute atomic E-state index is 15.9. The smallest absolute Gasteiger partial charge is 0.264 e. The molecule has 0 aliphatic carbocycles. The number of carbonyl (C=O) groups excluding carboxylic acids is 3. The van der Waals surface area contributed by atoms with E-state index in [0.717, 1.165) is 50.8 Å². The van der Waals surface area contributed by atoms with Crippen LogP contribution in [-0.4, -0.2) is 65.7 Å². The molecule has 13 heteroatoms. The second kappa shape index (κ2) is 16.9. The third-order valence-electron chi connectivity index (χ3n) is 14.4. The van der Waals surface area contributed by atoms with Gasteiger partial charge in [0.05, 0.1) is 50.6 Å². The van der Waals surface area contributed by atoms with Crippen LogP contribution >= 0.6 is 0 Å². The summed E-state index contributed by atoms with van der Waals surface area (Å²) < 4.78 is 14.9. The molecule has 5 aromatic carbocycles. The molecule has 10 rings (SSSR count). The van der Waals surface area contributed by atoms with E-state index in [1.165, 1.54) is 5.19 Å². The third-order valence-corrected chi connectivity index (χ3v) is 18.7. The lowest BCUT2D eigenvalue weighted by Crippen LogP contribution is -2.51.